The monoisotopic (exact) mass is 460 g/mol. The summed E-state index contributed by atoms with van der Waals surface area (Å²) in [5, 5.41) is 5.31. The van der Waals surface area contributed by atoms with E-state index in [-0.39, 0.29) is 6.85 Å². The minimum Gasteiger partial charge on any atom is -0.376 e. The van der Waals surface area contributed by atoms with E-state index in [1.54, 1.807) is 0 Å². The second-order valence-corrected chi connectivity index (χ2v) is 10.4. The van der Waals surface area contributed by atoms with Gasteiger partial charge in [-0.25, -0.2) is 0 Å². The molecule has 170 valence electrons. The Morgan fingerprint density at radius 1 is 0.556 bits per heavy atom. The Morgan fingerprint density at radius 2 is 1.28 bits per heavy atom. The normalized spacial score (nSPS) is 12.8. The third kappa shape index (κ3) is 2.38. The van der Waals surface area contributed by atoms with Crippen LogP contribution in [0.5, 0.6) is 0 Å². The van der Waals surface area contributed by atoms with Crippen LogP contribution >= 0.6 is 0 Å². The van der Waals surface area contributed by atoms with Crippen LogP contribution in [-0.4, -0.2) is 15.9 Å². The standard InChI is InChI=1S/C33H25BN2/c1-20-15-17-24-26-18-16-21(2)31-33(26)35(30(24)19-20)29-14-7-5-12-27(29)34(31)36-28-13-6-4-10-23(28)25-11-8-9-22(3)32(25)36/h4-19H,1-3H3. The van der Waals surface area contributed by atoms with Gasteiger partial charge in [-0.05, 0) is 61.0 Å². The van der Waals surface area contributed by atoms with Crippen molar-refractivity contribution >= 4 is 61.4 Å². The van der Waals surface area contributed by atoms with Crippen LogP contribution in [0.1, 0.15) is 16.7 Å². The van der Waals surface area contributed by atoms with Gasteiger partial charge in [-0.15, -0.1) is 0 Å². The zero-order valence-corrected chi connectivity index (χ0v) is 20.7. The predicted octanol–water partition coefficient (Wildman–Crippen LogP) is 6.78. The lowest BCUT2D eigenvalue weighted by Gasteiger charge is -2.30. The molecule has 0 saturated heterocycles. The van der Waals surface area contributed by atoms with Crippen molar-refractivity contribution < 1.29 is 0 Å². The molecule has 2 aromatic heterocycles. The molecule has 3 heterocycles. The lowest BCUT2D eigenvalue weighted by atomic mass is 9.47. The summed E-state index contributed by atoms with van der Waals surface area (Å²) in [6.45, 7) is 6.81. The van der Waals surface area contributed by atoms with E-state index < -0.39 is 0 Å². The first-order valence-electron chi connectivity index (χ1n) is 12.8. The maximum Gasteiger partial charge on any atom is 0.332 e. The first-order chi connectivity index (χ1) is 17.6. The Kier molecular flexibility index (Phi) is 3.85. The summed E-state index contributed by atoms with van der Waals surface area (Å²) >= 11 is 0. The van der Waals surface area contributed by atoms with Crippen LogP contribution < -0.4 is 10.9 Å². The zero-order chi connectivity index (χ0) is 24.1. The van der Waals surface area contributed by atoms with Crippen molar-refractivity contribution in [2.24, 2.45) is 0 Å². The smallest absolute Gasteiger partial charge is 0.332 e. The van der Waals surface area contributed by atoms with E-state index >= 15 is 0 Å². The lowest BCUT2D eigenvalue weighted by Crippen LogP contribution is -2.54. The number of hydrogen-bond acceptors (Lipinski definition) is 0. The Morgan fingerprint density at radius 3 is 2.19 bits per heavy atom. The molecule has 0 N–H and O–H groups in total. The van der Waals surface area contributed by atoms with Crippen LogP contribution in [0.25, 0.3) is 49.3 Å². The molecule has 0 saturated carbocycles. The maximum absolute atomic E-state index is 2.62. The predicted molar refractivity (Wildman–Crippen MR) is 155 cm³/mol. The van der Waals surface area contributed by atoms with Crippen molar-refractivity contribution in [3.05, 3.63) is 114 Å². The van der Waals surface area contributed by atoms with Crippen molar-refractivity contribution in [3.8, 4) is 5.69 Å². The van der Waals surface area contributed by atoms with Gasteiger partial charge in [0.2, 0.25) is 0 Å². The fourth-order valence-corrected chi connectivity index (χ4v) is 6.78. The Hall–Kier alpha value is -4.24. The molecule has 2 nitrogen and oxygen atoms in total. The highest BCUT2D eigenvalue weighted by atomic mass is 15.0. The Bertz CT molecular complexity index is 2040. The SMILES string of the molecule is Cc1ccc2c3ccc(C)c4c3n(c2c1)-c1ccccc1B4n1c2ccccc2c2cccc(C)c21. The minimum absolute atomic E-state index is 0.0892. The molecule has 5 aromatic carbocycles. The first-order valence-corrected chi connectivity index (χ1v) is 12.8. The number of para-hydroxylation sites is 3. The molecule has 36 heavy (non-hydrogen) atoms. The van der Waals surface area contributed by atoms with Crippen LogP contribution in [0.3, 0.4) is 0 Å². The summed E-state index contributed by atoms with van der Waals surface area (Å²) in [6.07, 6.45) is 0. The van der Waals surface area contributed by atoms with Gasteiger partial charge in [0.15, 0.2) is 0 Å². The largest absolute Gasteiger partial charge is 0.376 e. The summed E-state index contributed by atoms with van der Waals surface area (Å²) in [4.78, 5) is 0. The van der Waals surface area contributed by atoms with Gasteiger partial charge in [-0.1, -0.05) is 84.4 Å². The molecule has 0 unspecified atom stereocenters. The first kappa shape index (κ1) is 20.0. The Labute approximate surface area is 210 Å². The molecular weight excluding hydrogens is 435 g/mol. The molecule has 0 spiro atoms. The molecule has 0 bridgehead atoms. The lowest BCUT2D eigenvalue weighted by molar-refractivity contribution is 1.17. The molecule has 0 fully saturated rings. The van der Waals surface area contributed by atoms with Crippen molar-refractivity contribution in [1.29, 1.82) is 0 Å². The van der Waals surface area contributed by atoms with E-state index in [1.807, 2.05) is 0 Å². The molecule has 7 aromatic rings. The Balaban J connectivity index is 1.64. The average molecular weight is 460 g/mol. The molecule has 1 aliphatic heterocycles. The maximum atomic E-state index is 2.62. The summed E-state index contributed by atoms with van der Waals surface area (Å²) in [7, 11) is 0. The van der Waals surface area contributed by atoms with E-state index in [0.717, 1.165) is 0 Å². The zero-order valence-electron chi connectivity index (χ0n) is 20.7. The van der Waals surface area contributed by atoms with E-state index in [2.05, 4.69) is 127 Å². The van der Waals surface area contributed by atoms with Crippen LogP contribution in [-0.2, 0) is 0 Å². The number of fused-ring (bicyclic) bond motifs is 8. The molecule has 0 radical (unpaired) electrons. The van der Waals surface area contributed by atoms with Gasteiger partial charge < -0.3 is 9.05 Å². The van der Waals surface area contributed by atoms with E-state index in [9.17, 15) is 0 Å². The van der Waals surface area contributed by atoms with E-state index in [4.69, 9.17) is 0 Å². The van der Waals surface area contributed by atoms with Crippen LogP contribution in [0.2, 0.25) is 0 Å². The number of hydrogen-bond donors (Lipinski definition) is 0. The van der Waals surface area contributed by atoms with Gasteiger partial charge in [0, 0.05) is 38.3 Å². The van der Waals surface area contributed by atoms with Crippen molar-refractivity contribution in [2.75, 3.05) is 0 Å². The minimum atomic E-state index is 0.0892. The van der Waals surface area contributed by atoms with E-state index in [0.29, 0.717) is 0 Å². The average Bonchev–Trinajstić information content (AvgIpc) is 3.40. The van der Waals surface area contributed by atoms with E-state index in [1.165, 1.54) is 76.9 Å². The molecule has 0 amide bonds. The van der Waals surface area contributed by atoms with Gasteiger partial charge in [-0.2, -0.15) is 0 Å². The summed E-state index contributed by atoms with van der Waals surface area (Å²) in [5.74, 6) is 0. The van der Waals surface area contributed by atoms with Crippen molar-refractivity contribution in [2.45, 2.75) is 20.8 Å². The third-order valence-corrected chi connectivity index (χ3v) is 8.28. The van der Waals surface area contributed by atoms with Gasteiger partial charge >= 0.3 is 6.85 Å². The quantitative estimate of drug-likeness (QED) is 0.239. The molecule has 3 heteroatoms. The molecule has 0 aliphatic carbocycles. The topological polar surface area (TPSA) is 9.86 Å². The van der Waals surface area contributed by atoms with Gasteiger partial charge in [0.1, 0.15) is 0 Å². The molecular formula is C33H25BN2. The van der Waals surface area contributed by atoms with Crippen LogP contribution in [0.15, 0.2) is 97.1 Å². The summed E-state index contributed by atoms with van der Waals surface area (Å²) in [5.41, 5.74) is 13.2. The number of nitrogens with zero attached hydrogens (tertiary/aromatic N) is 2. The van der Waals surface area contributed by atoms with Crippen molar-refractivity contribution in [3.63, 3.8) is 0 Å². The van der Waals surface area contributed by atoms with Crippen LogP contribution in [0.4, 0.5) is 0 Å². The highest BCUT2D eigenvalue weighted by Gasteiger charge is 2.37. The number of aromatic nitrogens is 2. The fraction of sp³-hybridized carbons (Fsp3) is 0.0909. The molecule has 8 rings (SSSR count). The highest BCUT2D eigenvalue weighted by molar-refractivity contribution is 6.88. The molecule has 1 aliphatic rings. The third-order valence-electron chi connectivity index (χ3n) is 8.28. The second-order valence-electron chi connectivity index (χ2n) is 10.4. The number of benzene rings is 5. The fourth-order valence-electron chi connectivity index (χ4n) is 6.78. The second kappa shape index (κ2) is 6.92. The van der Waals surface area contributed by atoms with Gasteiger partial charge in [0.25, 0.3) is 0 Å². The molecule has 0 atom stereocenters. The van der Waals surface area contributed by atoms with Gasteiger partial charge in [-0.3, -0.25) is 0 Å². The highest BCUT2D eigenvalue weighted by Crippen LogP contribution is 2.37. The number of aryl methyl sites for hydroxylation is 3. The number of rotatable bonds is 1. The van der Waals surface area contributed by atoms with Crippen LogP contribution in [0, 0.1) is 20.8 Å². The van der Waals surface area contributed by atoms with Gasteiger partial charge in [0.05, 0.1) is 11.0 Å². The summed E-state index contributed by atoms with van der Waals surface area (Å²) in [6, 6.07) is 36.2. The summed E-state index contributed by atoms with van der Waals surface area (Å²) < 4.78 is 5.14. The van der Waals surface area contributed by atoms with Crippen molar-refractivity contribution in [1.82, 2.24) is 9.05 Å².